The highest BCUT2D eigenvalue weighted by Crippen LogP contribution is 2.12. The largest absolute Gasteiger partial charge is 0.462 e. The van der Waals surface area contributed by atoms with E-state index in [1.165, 1.54) is 122 Å². The summed E-state index contributed by atoms with van der Waals surface area (Å²) in [5.41, 5.74) is 0.977. The van der Waals surface area contributed by atoms with Crippen molar-refractivity contribution < 1.29 is 19.1 Å². The third-order valence-corrected chi connectivity index (χ3v) is 6.41. The van der Waals surface area contributed by atoms with E-state index in [0.717, 1.165) is 12.8 Å². The third kappa shape index (κ3) is 32.4. The first-order valence-corrected chi connectivity index (χ1v) is 15.5. The molecular formula is C33H62O4. The van der Waals surface area contributed by atoms with Gasteiger partial charge in [-0.3, -0.25) is 0 Å². The molecule has 37 heavy (non-hydrogen) atoms. The van der Waals surface area contributed by atoms with Crippen LogP contribution in [-0.2, 0) is 19.1 Å². The van der Waals surface area contributed by atoms with Crippen LogP contribution in [0.1, 0.15) is 163 Å². The molecule has 0 aromatic heterocycles. The summed E-state index contributed by atoms with van der Waals surface area (Å²) in [6.07, 6.45) is 27.4. The Bertz CT molecular complexity index is 553. The van der Waals surface area contributed by atoms with E-state index in [-0.39, 0.29) is 11.9 Å². The van der Waals surface area contributed by atoms with Crippen LogP contribution in [0.3, 0.4) is 0 Å². The van der Waals surface area contributed by atoms with Crippen LogP contribution >= 0.6 is 0 Å². The molecule has 0 aliphatic rings. The predicted molar refractivity (Wildman–Crippen MR) is 160 cm³/mol. The molecule has 0 aliphatic heterocycles. The van der Waals surface area contributed by atoms with Crippen LogP contribution in [0.4, 0.5) is 0 Å². The predicted octanol–water partition coefficient (Wildman–Crippen LogP) is 10.4. The molecule has 0 fully saturated rings. The minimum Gasteiger partial charge on any atom is -0.462 e. The maximum Gasteiger partial charge on any atom is 0.333 e. The molecule has 0 atom stereocenters. The molecule has 0 saturated carbocycles. The lowest BCUT2D eigenvalue weighted by atomic mass is 10.1. The van der Waals surface area contributed by atoms with Crippen molar-refractivity contribution in [3.05, 3.63) is 24.3 Å². The smallest absolute Gasteiger partial charge is 0.333 e. The van der Waals surface area contributed by atoms with Gasteiger partial charge in [-0.2, -0.15) is 0 Å². The molecule has 0 saturated heterocycles. The van der Waals surface area contributed by atoms with Gasteiger partial charge in [0.1, 0.15) is 0 Å². The number of ether oxygens (including phenoxy) is 2. The van der Waals surface area contributed by atoms with Crippen molar-refractivity contribution in [2.24, 2.45) is 0 Å². The molecule has 0 rings (SSSR count). The van der Waals surface area contributed by atoms with Crippen LogP contribution in [0.15, 0.2) is 24.3 Å². The Labute approximate surface area is 231 Å². The summed E-state index contributed by atoms with van der Waals surface area (Å²) in [7, 11) is 0. The van der Waals surface area contributed by atoms with E-state index in [1.807, 2.05) is 0 Å². The van der Waals surface area contributed by atoms with Gasteiger partial charge < -0.3 is 9.47 Å². The maximum absolute atomic E-state index is 11.1. The summed E-state index contributed by atoms with van der Waals surface area (Å²) in [4.78, 5) is 22.2. The van der Waals surface area contributed by atoms with Crippen molar-refractivity contribution >= 4 is 11.9 Å². The van der Waals surface area contributed by atoms with Gasteiger partial charge >= 0.3 is 11.9 Å². The highest BCUT2D eigenvalue weighted by molar-refractivity contribution is 5.87. The van der Waals surface area contributed by atoms with Crippen LogP contribution in [-0.4, -0.2) is 25.2 Å². The second-order valence-electron chi connectivity index (χ2n) is 10.6. The first kappa shape index (κ1) is 37.6. The minimum absolute atomic E-state index is 0.257. The van der Waals surface area contributed by atoms with E-state index < -0.39 is 0 Å². The Kier molecular flexibility index (Phi) is 31.1. The lowest BCUT2D eigenvalue weighted by molar-refractivity contribution is -0.139. The Morgan fingerprint density at radius 1 is 0.432 bits per heavy atom. The molecule has 0 bridgehead atoms. The second kappa shape index (κ2) is 30.6. The van der Waals surface area contributed by atoms with Gasteiger partial charge in [0.05, 0.1) is 13.2 Å². The fourth-order valence-electron chi connectivity index (χ4n) is 3.93. The first-order valence-electron chi connectivity index (χ1n) is 15.5. The van der Waals surface area contributed by atoms with Crippen LogP contribution in [0, 0.1) is 0 Å². The number of carbonyl (C=O) groups excluding carboxylic acids is 2. The molecule has 0 aromatic carbocycles. The summed E-state index contributed by atoms with van der Waals surface area (Å²) >= 11 is 0. The zero-order valence-electron chi connectivity index (χ0n) is 25.3. The molecule has 0 aliphatic carbocycles. The van der Waals surface area contributed by atoms with Crippen molar-refractivity contribution in [2.45, 2.75) is 163 Å². The molecule has 4 nitrogen and oxygen atoms in total. The average molecular weight is 523 g/mol. The van der Waals surface area contributed by atoms with E-state index in [0.29, 0.717) is 24.4 Å². The van der Waals surface area contributed by atoms with Gasteiger partial charge in [0.15, 0.2) is 0 Å². The Morgan fingerprint density at radius 2 is 0.649 bits per heavy atom. The molecule has 4 heteroatoms. The number of carbonyl (C=O) groups is 2. The summed E-state index contributed by atoms with van der Waals surface area (Å²) in [5, 5.41) is 0. The highest BCUT2D eigenvalue weighted by atomic mass is 16.5. The SMILES string of the molecule is C=C(C)C(=O)OCCCCCCCCCCCC.C=C(C)C(=O)OCCCCCCCCCCCCC. The second-order valence-corrected chi connectivity index (χ2v) is 10.6. The van der Waals surface area contributed by atoms with Crippen molar-refractivity contribution in [2.75, 3.05) is 13.2 Å². The summed E-state index contributed by atoms with van der Waals surface area (Å²) in [6, 6.07) is 0. The van der Waals surface area contributed by atoms with Gasteiger partial charge in [0, 0.05) is 11.1 Å². The van der Waals surface area contributed by atoms with Crippen LogP contribution in [0.2, 0.25) is 0 Å². The van der Waals surface area contributed by atoms with Gasteiger partial charge in [0.25, 0.3) is 0 Å². The number of hydrogen-bond donors (Lipinski definition) is 0. The Hall–Kier alpha value is -1.58. The van der Waals surface area contributed by atoms with Crippen LogP contribution in [0.25, 0.3) is 0 Å². The van der Waals surface area contributed by atoms with E-state index in [4.69, 9.17) is 9.47 Å². The molecule has 0 unspecified atom stereocenters. The maximum atomic E-state index is 11.1. The zero-order chi connectivity index (χ0) is 28.0. The fourth-order valence-corrected chi connectivity index (χ4v) is 3.93. The van der Waals surface area contributed by atoms with Gasteiger partial charge in [-0.05, 0) is 26.7 Å². The monoisotopic (exact) mass is 522 g/mol. The molecule has 0 amide bonds. The highest BCUT2D eigenvalue weighted by Gasteiger charge is 2.02. The van der Waals surface area contributed by atoms with Gasteiger partial charge in [-0.15, -0.1) is 0 Å². The topological polar surface area (TPSA) is 52.6 Å². The third-order valence-electron chi connectivity index (χ3n) is 6.41. The zero-order valence-corrected chi connectivity index (χ0v) is 25.3. The lowest BCUT2D eigenvalue weighted by Gasteiger charge is -2.04. The lowest BCUT2D eigenvalue weighted by Crippen LogP contribution is -2.05. The van der Waals surface area contributed by atoms with Crippen LogP contribution < -0.4 is 0 Å². The molecule has 0 aromatic rings. The average Bonchev–Trinajstić information content (AvgIpc) is 2.87. The number of rotatable bonds is 25. The van der Waals surface area contributed by atoms with Gasteiger partial charge in [-0.1, -0.05) is 149 Å². The molecule has 0 heterocycles. The molecule has 218 valence electrons. The number of esters is 2. The van der Waals surface area contributed by atoms with Crippen molar-refractivity contribution in [1.29, 1.82) is 0 Å². The van der Waals surface area contributed by atoms with E-state index in [2.05, 4.69) is 27.0 Å². The first-order chi connectivity index (χ1) is 17.9. The van der Waals surface area contributed by atoms with E-state index >= 15 is 0 Å². The molecule has 0 spiro atoms. The van der Waals surface area contributed by atoms with Gasteiger partial charge in [0.2, 0.25) is 0 Å². The molecule has 0 N–H and O–H groups in total. The van der Waals surface area contributed by atoms with Crippen molar-refractivity contribution in [3.63, 3.8) is 0 Å². The minimum atomic E-state index is -0.258. The molecule has 0 radical (unpaired) electrons. The van der Waals surface area contributed by atoms with Crippen molar-refractivity contribution in [1.82, 2.24) is 0 Å². The summed E-state index contributed by atoms with van der Waals surface area (Å²) < 4.78 is 10.1. The van der Waals surface area contributed by atoms with Crippen molar-refractivity contribution in [3.8, 4) is 0 Å². The normalized spacial score (nSPS) is 10.4. The summed E-state index contributed by atoms with van der Waals surface area (Å²) in [5.74, 6) is -0.516. The van der Waals surface area contributed by atoms with Crippen LogP contribution in [0.5, 0.6) is 0 Å². The Balaban J connectivity index is 0. The molecular weight excluding hydrogens is 460 g/mol. The van der Waals surface area contributed by atoms with E-state index in [9.17, 15) is 9.59 Å². The quantitative estimate of drug-likeness (QED) is 0.0679. The standard InChI is InChI=1S/C17H32O2.C16H30O2/c1-4-5-6-7-8-9-10-11-12-13-14-15-19-17(18)16(2)3;1-4-5-6-7-8-9-10-11-12-13-14-18-16(17)15(2)3/h2,4-15H2,1,3H3;2,4-14H2,1,3H3. The summed E-state index contributed by atoms with van der Waals surface area (Å²) in [6.45, 7) is 16.1. The van der Waals surface area contributed by atoms with Gasteiger partial charge in [-0.25, -0.2) is 9.59 Å². The van der Waals surface area contributed by atoms with E-state index in [1.54, 1.807) is 13.8 Å². The number of unbranched alkanes of at least 4 members (excludes halogenated alkanes) is 19. The fraction of sp³-hybridized carbons (Fsp3) is 0.818. The Morgan fingerprint density at radius 3 is 0.865 bits per heavy atom. The number of hydrogen-bond acceptors (Lipinski definition) is 4.